The summed E-state index contributed by atoms with van der Waals surface area (Å²) < 4.78 is 55.0. The SMILES string of the molecule is COc1ccc([N+](=O)[O-])cc1S(=O)(=O)Nc1ccc(S(C)(=O)=O)cc1. The first-order valence-electron chi connectivity index (χ1n) is 6.70. The Morgan fingerprint density at radius 2 is 1.64 bits per heavy atom. The highest BCUT2D eigenvalue weighted by Gasteiger charge is 2.23. The fourth-order valence-corrected chi connectivity index (χ4v) is 3.85. The van der Waals surface area contributed by atoms with E-state index in [1.54, 1.807) is 0 Å². The number of anilines is 1. The Bertz CT molecular complexity index is 1010. The van der Waals surface area contributed by atoms with Crippen LogP contribution in [0.15, 0.2) is 52.3 Å². The van der Waals surface area contributed by atoms with Gasteiger partial charge >= 0.3 is 0 Å². The highest BCUT2D eigenvalue weighted by atomic mass is 32.2. The number of non-ortho nitro benzene ring substituents is 1. The Balaban J connectivity index is 2.42. The average molecular weight is 386 g/mol. The summed E-state index contributed by atoms with van der Waals surface area (Å²) in [5.74, 6) is -0.0640. The lowest BCUT2D eigenvalue weighted by molar-refractivity contribution is -0.385. The van der Waals surface area contributed by atoms with Crippen LogP contribution in [0, 0.1) is 10.1 Å². The molecule has 0 unspecified atom stereocenters. The minimum atomic E-state index is -4.19. The summed E-state index contributed by atoms with van der Waals surface area (Å²) in [5.41, 5.74) is -0.311. The minimum Gasteiger partial charge on any atom is -0.495 e. The molecule has 2 aromatic carbocycles. The molecule has 0 fully saturated rings. The molecule has 0 aliphatic rings. The Hall–Kier alpha value is -2.66. The number of nitro groups is 1. The van der Waals surface area contributed by atoms with Gasteiger partial charge in [-0.3, -0.25) is 14.8 Å². The first-order chi connectivity index (χ1) is 11.5. The quantitative estimate of drug-likeness (QED) is 0.591. The van der Waals surface area contributed by atoms with E-state index in [2.05, 4.69) is 4.72 Å². The van der Waals surface area contributed by atoms with Crippen LogP contribution in [0.3, 0.4) is 0 Å². The van der Waals surface area contributed by atoms with Gasteiger partial charge in [0.05, 0.1) is 16.9 Å². The Kier molecular flexibility index (Phi) is 4.99. The van der Waals surface area contributed by atoms with E-state index in [9.17, 15) is 26.9 Å². The topological polar surface area (TPSA) is 133 Å². The standard InChI is InChI=1S/C14H14N2O7S2/c1-23-13-8-5-11(16(17)18)9-14(13)25(21,22)15-10-3-6-12(7-4-10)24(2,19)20/h3-9,15H,1-2H3. The molecule has 0 radical (unpaired) electrons. The molecule has 0 heterocycles. The summed E-state index contributed by atoms with van der Waals surface area (Å²) in [5, 5.41) is 10.9. The molecule has 2 rings (SSSR count). The number of nitrogens with zero attached hydrogens (tertiary/aromatic N) is 1. The summed E-state index contributed by atoms with van der Waals surface area (Å²) in [7, 11) is -6.37. The van der Waals surface area contributed by atoms with Gasteiger partial charge in [0.15, 0.2) is 9.84 Å². The second-order valence-electron chi connectivity index (χ2n) is 4.99. The van der Waals surface area contributed by atoms with E-state index in [0.717, 1.165) is 18.4 Å². The molecular formula is C14H14N2O7S2. The van der Waals surface area contributed by atoms with E-state index in [0.29, 0.717) is 0 Å². The first kappa shape index (κ1) is 18.7. The fourth-order valence-electron chi connectivity index (χ4n) is 1.97. The normalized spacial score (nSPS) is 11.8. The third-order valence-electron chi connectivity index (χ3n) is 3.18. The summed E-state index contributed by atoms with van der Waals surface area (Å²) in [6, 6.07) is 8.23. The molecular weight excluding hydrogens is 372 g/mol. The zero-order valence-electron chi connectivity index (χ0n) is 13.2. The van der Waals surface area contributed by atoms with Crippen LogP contribution < -0.4 is 9.46 Å². The van der Waals surface area contributed by atoms with Crippen LogP contribution in [0.5, 0.6) is 5.75 Å². The third-order valence-corrected chi connectivity index (χ3v) is 5.71. The van der Waals surface area contributed by atoms with Gasteiger partial charge in [-0.25, -0.2) is 16.8 Å². The maximum absolute atomic E-state index is 12.5. The van der Waals surface area contributed by atoms with Gasteiger partial charge in [0.1, 0.15) is 10.6 Å². The summed E-state index contributed by atoms with van der Waals surface area (Å²) in [6.07, 6.45) is 1.03. The highest BCUT2D eigenvalue weighted by molar-refractivity contribution is 7.92. The predicted octanol–water partition coefficient (Wildman–Crippen LogP) is 1.81. The highest BCUT2D eigenvalue weighted by Crippen LogP contribution is 2.29. The molecule has 0 atom stereocenters. The number of ether oxygens (including phenoxy) is 1. The second-order valence-corrected chi connectivity index (χ2v) is 8.66. The van der Waals surface area contributed by atoms with Crippen molar-refractivity contribution in [2.75, 3.05) is 18.1 Å². The van der Waals surface area contributed by atoms with Crippen LogP contribution in [0.4, 0.5) is 11.4 Å². The average Bonchev–Trinajstić information content (AvgIpc) is 2.53. The lowest BCUT2D eigenvalue weighted by Gasteiger charge is -2.11. The largest absolute Gasteiger partial charge is 0.495 e. The van der Waals surface area contributed by atoms with E-state index < -0.39 is 35.4 Å². The number of nitro benzene ring substituents is 1. The van der Waals surface area contributed by atoms with Crippen molar-refractivity contribution >= 4 is 31.2 Å². The maximum Gasteiger partial charge on any atom is 0.271 e. The molecule has 25 heavy (non-hydrogen) atoms. The monoisotopic (exact) mass is 386 g/mol. The molecule has 0 saturated heterocycles. The van der Waals surface area contributed by atoms with Crippen molar-refractivity contribution in [2.45, 2.75) is 9.79 Å². The maximum atomic E-state index is 12.5. The molecule has 0 amide bonds. The van der Waals surface area contributed by atoms with Gasteiger partial charge in [-0.2, -0.15) is 0 Å². The van der Waals surface area contributed by atoms with E-state index in [4.69, 9.17) is 4.74 Å². The third kappa shape index (κ3) is 4.25. The van der Waals surface area contributed by atoms with E-state index in [1.165, 1.54) is 37.4 Å². The summed E-state index contributed by atoms with van der Waals surface area (Å²) in [6.45, 7) is 0. The lowest BCUT2D eigenvalue weighted by Crippen LogP contribution is -2.14. The summed E-state index contributed by atoms with van der Waals surface area (Å²) >= 11 is 0. The lowest BCUT2D eigenvalue weighted by atomic mass is 10.3. The van der Waals surface area contributed by atoms with Crippen molar-refractivity contribution < 1.29 is 26.5 Å². The molecule has 134 valence electrons. The van der Waals surface area contributed by atoms with Crippen LogP contribution in [0.25, 0.3) is 0 Å². The summed E-state index contributed by atoms with van der Waals surface area (Å²) in [4.78, 5) is 9.76. The van der Waals surface area contributed by atoms with E-state index >= 15 is 0 Å². The number of rotatable bonds is 6. The molecule has 0 spiro atoms. The Labute approximate surface area is 144 Å². The molecule has 0 aliphatic carbocycles. The minimum absolute atomic E-state index is 0.0309. The Morgan fingerprint density at radius 1 is 1.04 bits per heavy atom. The smallest absolute Gasteiger partial charge is 0.271 e. The number of hydrogen-bond acceptors (Lipinski definition) is 7. The first-order valence-corrected chi connectivity index (χ1v) is 10.1. The molecule has 9 nitrogen and oxygen atoms in total. The van der Waals surface area contributed by atoms with Gasteiger partial charge in [0, 0.05) is 24.1 Å². The van der Waals surface area contributed by atoms with Crippen molar-refractivity contribution in [3.63, 3.8) is 0 Å². The van der Waals surface area contributed by atoms with Gasteiger partial charge in [-0.1, -0.05) is 0 Å². The zero-order valence-corrected chi connectivity index (χ0v) is 14.8. The van der Waals surface area contributed by atoms with Crippen molar-refractivity contribution in [1.82, 2.24) is 0 Å². The number of nitrogens with one attached hydrogen (secondary N) is 1. The number of sulfone groups is 1. The van der Waals surface area contributed by atoms with Gasteiger partial charge in [0.25, 0.3) is 15.7 Å². The van der Waals surface area contributed by atoms with E-state index in [1.807, 2.05) is 0 Å². The molecule has 0 aliphatic heterocycles. The zero-order chi connectivity index (χ0) is 18.8. The number of methoxy groups -OCH3 is 1. The molecule has 0 bridgehead atoms. The van der Waals surface area contributed by atoms with Crippen LogP contribution in [-0.4, -0.2) is 35.1 Å². The van der Waals surface area contributed by atoms with E-state index in [-0.39, 0.29) is 16.3 Å². The van der Waals surface area contributed by atoms with Crippen molar-refractivity contribution in [1.29, 1.82) is 0 Å². The number of benzene rings is 2. The van der Waals surface area contributed by atoms with Crippen molar-refractivity contribution in [2.24, 2.45) is 0 Å². The molecule has 11 heteroatoms. The van der Waals surface area contributed by atoms with Crippen LogP contribution in [0.2, 0.25) is 0 Å². The molecule has 0 aromatic heterocycles. The fraction of sp³-hybridized carbons (Fsp3) is 0.143. The van der Waals surface area contributed by atoms with Crippen molar-refractivity contribution in [3.05, 3.63) is 52.6 Å². The van der Waals surface area contributed by atoms with Crippen LogP contribution in [-0.2, 0) is 19.9 Å². The molecule has 2 aromatic rings. The van der Waals surface area contributed by atoms with Crippen LogP contribution >= 0.6 is 0 Å². The van der Waals surface area contributed by atoms with Gasteiger partial charge in [-0.15, -0.1) is 0 Å². The van der Waals surface area contributed by atoms with Gasteiger partial charge in [0.2, 0.25) is 0 Å². The Morgan fingerprint density at radius 3 is 2.12 bits per heavy atom. The van der Waals surface area contributed by atoms with Gasteiger partial charge < -0.3 is 4.74 Å². The predicted molar refractivity (Wildman–Crippen MR) is 90.0 cm³/mol. The number of sulfonamides is 1. The van der Waals surface area contributed by atoms with Crippen LogP contribution in [0.1, 0.15) is 0 Å². The van der Waals surface area contributed by atoms with Gasteiger partial charge in [-0.05, 0) is 30.3 Å². The second kappa shape index (κ2) is 6.69. The molecule has 1 N–H and O–H groups in total. The number of hydrogen-bond donors (Lipinski definition) is 1. The molecule has 0 saturated carbocycles. The van der Waals surface area contributed by atoms with Crippen molar-refractivity contribution in [3.8, 4) is 5.75 Å².